The molecular weight excluding hydrogens is 362 g/mol. The number of nitrogens with zero attached hydrogens (tertiary/aromatic N) is 3. The van der Waals surface area contributed by atoms with E-state index < -0.39 is 0 Å². The van der Waals surface area contributed by atoms with Crippen molar-refractivity contribution in [3.63, 3.8) is 0 Å². The fraction of sp³-hybridized carbons (Fsp3) is 0.350. The number of fused-ring (bicyclic) bond motifs is 3. The Labute approximate surface area is 160 Å². The van der Waals surface area contributed by atoms with Crippen molar-refractivity contribution < 1.29 is 9.84 Å². The number of rotatable bonds is 4. The van der Waals surface area contributed by atoms with Gasteiger partial charge in [-0.05, 0) is 68.9 Å². The van der Waals surface area contributed by atoms with Gasteiger partial charge in [0.2, 0.25) is 0 Å². The van der Waals surface area contributed by atoms with Crippen molar-refractivity contribution in [1.29, 1.82) is 0 Å². The largest absolute Gasteiger partial charge is 0.504 e. The highest BCUT2D eigenvalue weighted by Gasteiger charge is 2.21. The highest BCUT2D eigenvalue weighted by molar-refractivity contribution is 7.18. The first-order chi connectivity index (χ1) is 13.1. The molecule has 0 aliphatic heterocycles. The Kier molecular flexibility index (Phi) is 4.70. The predicted molar refractivity (Wildman–Crippen MR) is 108 cm³/mol. The molecule has 0 bridgehead atoms. The zero-order chi connectivity index (χ0) is 19.0. The van der Waals surface area contributed by atoms with Gasteiger partial charge in [-0.15, -0.1) is 11.3 Å². The molecule has 0 amide bonds. The number of aromatic nitrogens is 2. The summed E-state index contributed by atoms with van der Waals surface area (Å²) in [7, 11) is 0. The molecule has 6 nitrogen and oxygen atoms in total. The lowest BCUT2D eigenvalue weighted by atomic mass is 9.97. The molecule has 4 rings (SSSR count). The third-order valence-corrected chi connectivity index (χ3v) is 5.92. The smallest absolute Gasteiger partial charge is 0.283 e. The third-order valence-electron chi connectivity index (χ3n) is 4.73. The highest BCUT2D eigenvalue weighted by Crippen LogP contribution is 2.33. The maximum atomic E-state index is 13.1. The molecule has 7 heteroatoms. The molecule has 0 radical (unpaired) electrons. The van der Waals surface area contributed by atoms with E-state index in [9.17, 15) is 9.90 Å². The molecule has 0 fully saturated rings. The lowest BCUT2D eigenvalue weighted by Gasteiger charge is -2.10. The van der Waals surface area contributed by atoms with E-state index in [4.69, 9.17) is 4.74 Å². The van der Waals surface area contributed by atoms with Crippen molar-refractivity contribution in [2.75, 3.05) is 6.61 Å². The van der Waals surface area contributed by atoms with E-state index in [0.717, 1.165) is 40.6 Å². The summed E-state index contributed by atoms with van der Waals surface area (Å²) in [4.78, 5) is 19.8. The predicted octanol–water partition coefficient (Wildman–Crippen LogP) is 3.63. The van der Waals surface area contributed by atoms with Gasteiger partial charge >= 0.3 is 0 Å². The molecule has 0 unspecified atom stereocenters. The average molecular weight is 383 g/mol. The molecule has 1 aromatic carbocycles. The number of aryl methyl sites for hydroxylation is 3. The van der Waals surface area contributed by atoms with Crippen LogP contribution >= 0.6 is 11.3 Å². The van der Waals surface area contributed by atoms with Gasteiger partial charge in [0, 0.05) is 4.88 Å². The maximum Gasteiger partial charge on any atom is 0.283 e. The Morgan fingerprint density at radius 2 is 2.19 bits per heavy atom. The van der Waals surface area contributed by atoms with Gasteiger partial charge in [0.15, 0.2) is 11.5 Å². The zero-order valence-electron chi connectivity index (χ0n) is 15.4. The van der Waals surface area contributed by atoms with Crippen molar-refractivity contribution in [2.45, 2.75) is 39.5 Å². The van der Waals surface area contributed by atoms with E-state index in [1.54, 1.807) is 42.7 Å². The summed E-state index contributed by atoms with van der Waals surface area (Å²) in [5.74, 6) is 1.03. The van der Waals surface area contributed by atoms with E-state index in [2.05, 4.69) is 10.1 Å². The van der Waals surface area contributed by atoms with E-state index >= 15 is 0 Å². The van der Waals surface area contributed by atoms with Gasteiger partial charge in [0.25, 0.3) is 5.56 Å². The Morgan fingerprint density at radius 1 is 1.37 bits per heavy atom. The Hall–Kier alpha value is -2.67. The van der Waals surface area contributed by atoms with Gasteiger partial charge in [-0.2, -0.15) is 9.78 Å². The normalized spacial score (nSPS) is 14.0. The van der Waals surface area contributed by atoms with E-state index in [0.29, 0.717) is 18.2 Å². The van der Waals surface area contributed by atoms with Crippen LogP contribution in [0.1, 0.15) is 41.6 Å². The number of benzene rings is 1. The van der Waals surface area contributed by atoms with E-state index in [1.807, 2.05) is 6.92 Å². The molecule has 2 aromatic heterocycles. The molecule has 0 saturated heterocycles. The second-order valence-corrected chi connectivity index (χ2v) is 7.66. The van der Waals surface area contributed by atoms with Crippen LogP contribution in [-0.2, 0) is 12.8 Å². The summed E-state index contributed by atoms with van der Waals surface area (Å²) in [6, 6.07) is 4.97. The minimum Gasteiger partial charge on any atom is -0.504 e. The van der Waals surface area contributed by atoms with Gasteiger partial charge in [-0.1, -0.05) is 0 Å². The maximum absolute atomic E-state index is 13.1. The first-order valence-electron chi connectivity index (χ1n) is 9.12. The van der Waals surface area contributed by atoms with Crippen LogP contribution in [0.4, 0.5) is 0 Å². The van der Waals surface area contributed by atoms with Crippen LogP contribution in [0.3, 0.4) is 0 Å². The van der Waals surface area contributed by atoms with Gasteiger partial charge in [0.1, 0.15) is 10.7 Å². The second kappa shape index (κ2) is 7.15. The van der Waals surface area contributed by atoms with Crippen molar-refractivity contribution in [3.8, 4) is 11.5 Å². The van der Waals surface area contributed by atoms with Crippen molar-refractivity contribution >= 4 is 27.8 Å². The minimum atomic E-state index is -0.114. The average Bonchev–Trinajstić information content (AvgIpc) is 3.02. The molecule has 0 spiro atoms. The van der Waals surface area contributed by atoms with Crippen LogP contribution in [0.15, 0.2) is 28.1 Å². The van der Waals surface area contributed by atoms with E-state index in [1.165, 1.54) is 16.0 Å². The minimum absolute atomic E-state index is 0.0790. The molecule has 1 aliphatic rings. The topological polar surface area (TPSA) is 76.7 Å². The highest BCUT2D eigenvalue weighted by atomic mass is 32.1. The summed E-state index contributed by atoms with van der Waals surface area (Å²) in [6.07, 6.45) is 5.85. The summed E-state index contributed by atoms with van der Waals surface area (Å²) in [6.45, 7) is 4.10. The number of thiophene rings is 1. The van der Waals surface area contributed by atoms with Crippen molar-refractivity contribution in [2.24, 2.45) is 5.10 Å². The first kappa shape index (κ1) is 17.7. The summed E-state index contributed by atoms with van der Waals surface area (Å²) in [5, 5.41) is 14.9. The van der Waals surface area contributed by atoms with Crippen molar-refractivity contribution in [1.82, 2.24) is 9.66 Å². The van der Waals surface area contributed by atoms with Gasteiger partial charge in [-0.25, -0.2) is 4.98 Å². The molecule has 2 heterocycles. The lowest BCUT2D eigenvalue weighted by Crippen LogP contribution is -2.21. The molecule has 0 atom stereocenters. The number of ether oxygens (including phenoxy) is 1. The second-order valence-electron chi connectivity index (χ2n) is 6.57. The van der Waals surface area contributed by atoms with Gasteiger partial charge in [0.05, 0.1) is 18.2 Å². The molecule has 3 aromatic rings. The number of hydrogen-bond acceptors (Lipinski definition) is 6. The standard InChI is InChI=1S/C20H21N3O3S/c1-3-26-16-10-13(8-9-15(16)24)11-21-23-12(2)22-19-18(20(23)25)14-6-4-5-7-17(14)27-19/h8-11,24H,3-7H2,1-2H3/b21-11+. The molecule has 1 aliphatic carbocycles. The van der Waals surface area contributed by atoms with Crippen LogP contribution in [0.25, 0.3) is 10.2 Å². The SMILES string of the molecule is CCOc1cc(/C=N/n2c(C)nc3sc4c(c3c2=O)CCCC4)ccc1O. The summed E-state index contributed by atoms with van der Waals surface area (Å²) in [5.41, 5.74) is 1.78. The monoisotopic (exact) mass is 383 g/mol. The summed E-state index contributed by atoms with van der Waals surface area (Å²) >= 11 is 1.64. The van der Waals surface area contributed by atoms with Gasteiger partial charge < -0.3 is 9.84 Å². The van der Waals surface area contributed by atoms with E-state index in [-0.39, 0.29) is 11.3 Å². The Balaban J connectivity index is 1.77. The third kappa shape index (κ3) is 3.23. The quantitative estimate of drug-likeness (QED) is 0.698. The fourth-order valence-electron chi connectivity index (χ4n) is 3.44. The van der Waals surface area contributed by atoms with Crippen LogP contribution in [0.5, 0.6) is 11.5 Å². The number of hydrogen-bond donors (Lipinski definition) is 1. The van der Waals surface area contributed by atoms with Crippen LogP contribution in [0.2, 0.25) is 0 Å². The fourth-order valence-corrected chi connectivity index (χ4v) is 4.74. The van der Waals surface area contributed by atoms with Crippen molar-refractivity contribution in [3.05, 3.63) is 50.4 Å². The summed E-state index contributed by atoms with van der Waals surface area (Å²) < 4.78 is 6.75. The lowest BCUT2D eigenvalue weighted by molar-refractivity contribution is 0.318. The number of phenolic OH excluding ortho intramolecular Hbond substituents is 1. The van der Waals surface area contributed by atoms with Crippen LogP contribution < -0.4 is 10.3 Å². The molecule has 140 valence electrons. The molecule has 0 saturated carbocycles. The molecule has 1 N–H and O–H groups in total. The zero-order valence-corrected chi connectivity index (χ0v) is 16.2. The van der Waals surface area contributed by atoms with Crippen LogP contribution in [-0.4, -0.2) is 27.6 Å². The van der Waals surface area contributed by atoms with Crippen LogP contribution in [0, 0.1) is 6.92 Å². The Morgan fingerprint density at radius 3 is 3.00 bits per heavy atom. The molecular formula is C20H21N3O3S. The Bertz CT molecular complexity index is 1100. The van der Waals surface area contributed by atoms with Gasteiger partial charge in [-0.3, -0.25) is 4.79 Å². The number of aromatic hydroxyl groups is 1. The first-order valence-corrected chi connectivity index (χ1v) is 9.94. The number of phenols is 1. The molecule has 27 heavy (non-hydrogen) atoms.